The molecule has 0 aromatic carbocycles. The zero-order valence-electron chi connectivity index (χ0n) is 21.4. The lowest BCUT2D eigenvalue weighted by atomic mass is 10.0. The molecule has 188 valence electrons. The second kappa shape index (κ2) is 8.60. The number of anilines is 2. The van der Waals surface area contributed by atoms with Gasteiger partial charge in [0, 0.05) is 41.3 Å². The predicted octanol–water partition coefficient (Wildman–Crippen LogP) is 4.78. The van der Waals surface area contributed by atoms with Gasteiger partial charge in [0.25, 0.3) is 11.5 Å². The van der Waals surface area contributed by atoms with E-state index < -0.39 is 5.60 Å². The molecule has 1 aliphatic rings. The van der Waals surface area contributed by atoms with Crippen LogP contribution in [0.25, 0.3) is 21.3 Å². The van der Waals surface area contributed by atoms with E-state index in [1.165, 1.54) is 15.9 Å². The number of thiophene rings is 1. The van der Waals surface area contributed by atoms with Gasteiger partial charge < -0.3 is 25.3 Å². The highest BCUT2D eigenvalue weighted by Crippen LogP contribution is 2.47. The Kier molecular flexibility index (Phi) is 5.80. The van der Waals surface area contributed by atoms with Crippen molar-refractivity contribution in [2.75, 3.05) is 5.32 Å². The van der Waals surface area contributed by atoms with Crippen molar-refractivity contribution in [1.82, 2.24) is 19.9 Å². The van der Waals surface area contributed by atoms with Crippen molar-refractivity contribution in [3.63, 3.8) is 0 Å². The molecule has 0 spiro atoms. The fourth-order valence-corrected chi connectivity index (χ4v) is 5.86. The van der Waals surface area contributed by atoms with Crippen LogP contribution in [0.5, 0.6) is 0 Å². The fraction of sp³-hybridized carbons (Fsp3) is 0.370. The van der Waals surface area contributed by atoms with Gasteiger partial charge in [-0.15, -0.1) is 11.3 Å². The third kappa shape index (κ3) is 4.22. The monoisotopic (exact) mass is 505 g/mol. The van der Waals surface area contributed by atoms with E-state index in [9.17, 15) is 14.7 Å². The molecule has 0 atom stereocenters. The van der Waals surface area contributed by atoms with Crippen molar-refractivity contribution in [2.24, 2.45) is 7.05 Å². The minimum Gasteiger partial charge on any atom is -0.385 e. The van der Waals surface area contributed by atoms with Gasteiger partial charge >= 0.3 is 0 Å². The summed E-state index contributed by atoms with van der Waals surface area (Å²) in [5, 5.41) is 18.2. The standard InChI is InChI=1S/C27H31N5O3S/c1-13-9-10-28-15(3)20(13)31-21-14(2)24(27(4,5)35)36-23(21)18-12-32(6)26(34)22-17(18)11-19(30-22)25(33)29-16-7-8-16/h9-12,16,30-31,35H,7-8H2,1-6H3,(H,29,33). The number of hydrogen-bond donors (Lipinski definition) is 4. The van der Waals surface area contributed by atoms with Crippen LogP contribution in [-0.2, 0) is 12.6 Å². The minimum atomic E-state index is -1.06. The number of rotatable bonds is 6. The average molecular weight is 506 g/mol. The molecule has 5 rings (SSSR count). The summed E-state index contributed by atoms with van der Waals surface area (Å²) in [5.74, 6) is -0.207. The zero-order valence-corrected chi connectivity index (χ0v) is 22.2. The Morgan fingerprint density at radius 3 is 2.61 bits per heavy atom. The Balaban J connectivity index is 1.74. The molecule has 1 saturated carbocycles. The molecule has 0 bridgehead atoms. The fourth-order valence-electron chi connectivity index (χ4n) is 4.57. The SMILES string of the molecule is Cc1ccnc(C)c1Nc1c(-c2cn(C)c(=O)c3[nH]c(C(=O)NC4CC4)cc23)sc(C(C)(C)O)c1C. The normalized spacial score (nSPS) is 13.9. The first kappa shape index (κ1) is 24.3. The smallest absolute Gasteiger partial charge is 0.274 e. The Labute approximate surface area is 213 Å². The predicted molar refractivity (Wildman–Crippen MR) is 144 cm³/mol. The molecule has 0 radical (unpaired) electrons. The van der Waals surface area contributed by atoms with Gasteiger partial charge in [-0.3, -0.25) is 14.6 Å². The number of hydrogen-bond acceptors (Lipinski definition) is 6. The first-order chi connectivity index (χ1) is 17.0. The molecule has 1 aliphatic carbocycles. The van der Waals surface area contributed by atoms with E-state index in [4.69, 9.17) is 0 Å². The van der Waals surface area contributed by atoms with E-state index in [1.807, 2.05) is 26.8 Å². The Bertz CT molecular complexity index is 1550. The number of aromatic nitrogens is 3. The van der Waals surface area contributed by atoms with Crippen LogP contribution in [0.3, 0.4) is 0 Å². The third-order valence-corrected chi connectivity index (χ3v) is 8.31. The number of aromatic amines is 1. The number of H-pyrrole nitrogens is 1. The number of pyridine rings is 2. The van der Waals surface area contributed by atoms with E-state index in [0.29, 0.717) is 16.6 Å². The number of nitrogens with one attached hydrogen (secondary N) is 3. The van der Waals surface area contributed by atoms with Gasteiger partial charge in [-0.05, 0) is 70.7 Å². The summed E-state index contributed by atoms with van der Waals surface area (Å²) < 4.78 is 1.53. The lowest BCUT2D eigenvalue weighted by Crippen LogP contribution is -2.25. The van der Waals surface area contributed by atoms with Gasteiger partial charge in [-0.2, -0.15) is 0 Å². The Morgan fingerprint density at radius 2 is 1.97 bits per heavy atom. The largest absolute Gasteiger partial charge is 0.385 e. The third-order valence-electron chi connectivity index (χ3n) is 6.67. The van der Waals surface area contributed by atoms with Crippen molar-refractivity contribution >= 4 is 39.5 Å². The number of aryl methyl sites for hydroxylation is 3. The molecule has 0 unspecified atom stereocenters. The molecule has 1 amide bonds. The van der Waals surface area contributed by atoms with Crippen LogP contribution in [0, 0.1) is 20.8 Å². The van der Waals surface area contributed by atoms with Crippen molar-refractivity contribution < 1.29 is 9.90 Å². The van der Waals surface area contributed by atoms with E-state index in [-0.39, 0.29) is 17.5 Å². The highest BCUT2D eigenvalue weighted by molar-refractivity contribution is 7.16. The summed E-state index contributed by atoms with van der Waals surface area (Å²) in [6.07, 6.45) is 5.55. The average Bonchev–Trinajstić information content (AvgIpc) is 3.38. The van der Waals surface area contributed by atoms with E-state index in [1.54, 1.807) is 39.4 Å². The van der Waals surface area contributed by atoms with Crippen molar-refractivity contribution in [3.05, 3.63) is 62.3 Å². The second-order valence-corrected chi connectivity index (χ2v) is 11.2. The summed E-state index contributed by atoms with van der Waals surface area (Å²) in [4.78, 5) is 35.0. The van der Waals surface area contributed by atoms with Gasteiger partial charge in [0.2, 0.25) is 0 Å². The quantitative estimate of drug-likeness (QED) is 0.301. The maximum absolute atomic E-state index is 13.0. The van der Waals surface area contributed by atoms with Crippen LogP contribution in [0.15, 0.2) is 29.3 Å². The molecular formula is C27H31N5O3S. The summed E-state index contributed by atoms with van der Waals surface area (Å²) in [6.45, 7) is 9.51. The van der Waals surface area contributed by atoms with Gasteiger partial charge in [-0.25, -0.2) is 0 Å². The molecular weight excluding hydrogens is 474 g/mol. The highest BCUT2D eigenvalue weighted by Gasteiger charge is 2.29. The van der Waals surface area contributed by atoms with Crippen molar-refractivity contribution in [3.8, 4) is 10.4 Å². The second-order valence-electron chi connectivity index (χ2n) is 10.2. The van der Waals surface area contributed by atoms with E-state index >= 15 is 0 Å². The number of carbonyl (C=O) groups excluding carboxylic acids is 1. The molecule has 0 aliphatic heterocycles. The molecule has 4 aromatic heterocycles. The topological polar surface area (TPSA) is 112 Å². The summed E-state index contributed by atoms with van der Waals surface area (Å²) in [5.41, 5.74) is 4.88. The van der Waals surface area contributed by atoms with Gasteiger partial charge in [0.05, 0.1) is 27.5 Å². The lowest BCUT2D eigenvalue weighted by Gasteiger charge is -2.17. The molecule has 9 heteroatoms. The summed E-state index contributed by atoms with van der Waals surface area (Å²) in [6, 6.07) is 3.92. The molecule has 4 aromatic rings. The number of aliphatic hydroxyl groups is 1. The highest BCUT2D eigenvalue weighted by atomic mass is 32.1. The molecule has 1 fully saturated rings. The number of fused-ring (bicyclic) bond motifs is 1. The van der Waals surface area contributed by atoms with Crippen molar-refractivity contribution in [2.45, 2.75) is 59.1 Å². The van der Waals surface area contributed by atoms with Crippen LogP contribution >= 0.6 is 11.3 Å². The molecule has 0 saturated heterocycles. The van der Waals surface area contributed by atoms with E-state index in [2.05, 4.69) is 20.6 Å². The van der Waals surface area contributed by atoms with Gasteiger partial charge in [0.1, 0.15) is 11.2 Å². The van der Waals surface area contributed by atoms with Gasteiger partial charge in [0.15, 0.2) is 0 Å². The molecule has 36 heavy (non-hydrogen) atoms. The van der Waals surface area contributed by atoms with Crippen LogP contribution in [-0.4, -0.2) is 31.6 Å². The number of carbonyl (C=O) groups is 1. The van der Waals surface area contributed by atoms with Crippen molar-refractivity contribution in [1.29, 1.82) is 0 Å². The molecule has 4 heterocycles. The summed E-state index contributed by atoms with van der Waals surface area (Å²) >= 11 is 1.48. The van der Waals surface area contributed by atoms with Crippen LogP contribution in [0.1, 0.15) is 58.9 Å². The Morgan fingerprint density at radius 1 is 1.25 bits per heavy atom. The lowest BCUT2D eigenvalue weighted by molar-refractivity contribution is 0.0819. The van der Waals surface area contributed by atoms with Crippen LogP contribution in [0.2, 0.25) is 0 Å². The molecule has 8 nitrogen and oxygen atoms in total. The van der Waals surface area contributed by atoms with Crippen LogP contribution < -0.4 is 16.2 Å². The number of amides is 1. The Hall–Kier alpha value is -3.43. The molecule has 4 N–H and O–H groups in total. The van der Waals surface area contributed by atoms with Crippen LogP contribution in [0.4, 0.5) is 11.4 Å². The summed E-state index contributed by atoms with van der Waals surface area (Å²) in [7, 11) is 1.70. The maximum atomic E-state index is 13.0. The minimum absolute atomic E-state index is 0.205. The number of nitrogens with zero attached hydrogens (tertiary/aromatic N) is 2. The van der Waals surface area contributed by atoms with E-state index in [0.717, 1.165) is 56.4 Å². The van der Waals surface area contributed by atoms with Gasteiger partial charge in [-0.1, -0.05) is 0 Å². The zero-order chi connectivity index (χ0) is 25.9. The first-order valence-electron chi connectivity index (χ1n) is 12.0. The first-order valence-corrected chi connectivity index (χ1v) is 12.9. The maximum Gasteiger partial charge on any atom is 0.274 e.